The zero-order chi connectivity index (χ0) is 17.1. The van der Waals surface area contributed by atoms with Gasteiger partial charge in [-0.15, -0.1) is 0 Å². The second kappa shape index (κ2) is 6.83. The Kier molecular flexibility index (Phi) is 5.05. The number of aliphatic carboxylic acids is 1. The molecule has 0 saturated carbocycles. The van der Waals surface area contributed by atoms with Gasteiger partial charge in [-0.2, -0.15) is 0 Å². The molecule has 0 aliphatic carbocycles. The van der Waals surface area contributed by atoms with Gasteiger partial charge in [0.15, 0.2) is 11.4 Å². The minimum absolute atomic E-state index is 0.0308. The Balaban J connectivity index is 2.39. The number of carboxylic acids is 1. The van der Waals surface area contributed by atoms with Gasteiger partial charge >= 0.3 is 5.97 Å². The Morgan fingerprint density at radius 2 is 1.96 bits per heavy atom. The number of aromatic nitrogens is 1. The maximum Gasteiger partial charge on any atom is 0.327 e. The van der Waals surface area contributed by atoms with Crippen molar-refractivity contribution in [2.75, 3.05) is 0 Å². The van der Waals surface area contributed by atoms with Gasteiger partial charge in [-0.1, -0.05) is 38.1 Å². The summed E-state index contributed by atoms with van der Waals surface area (Å²) in [6.45, 7) is 3.66. The number of amides is 1. The smallest absolute Gasteiger partial charge is 0.327 e. The summed E-state index contributed by atoms with van der Waals surface area (Å²) in [5, 5.41) is 20.6. The van der Waals surface area contributed by atoms with Crippen LogP contribution in [0.4, 0.5) is 0 Å². The number of carboxylic acid groups (broad SMARTS) is 1. The first-order valence-corrected chi connectivity index (χ1v) is 7.45. The predicted octanol–water partition coefficient (Wildman–Crippen LogP) is 3.04. The Labute approximate surface area is 138 Å². The molecule has 0 radical (unpaired) electrons. The third kappa shape index (κ3) is 3.53. The van der Waals surface area contributed by atoms with E-state index in [-0.39, 0.29) is 23.8 Å². The number of nitrogens with zero attached hydrogens (tertiary/aromatic N) is 2. The maximum atomic E-state index is 12.4. The quantitative estimate of drug-likeness (QED) is 0.819. The molecule has 0 bridgehead atoms. The first-order valence-electron chi connectivity index (χ1n) is 7.11. The van der Waals surface area contributed by atoms with E-state index in [1.807, 2.05) is 13.8 Å². The third-order valence-corrected chi connectivity index (χ3v) is 3.81. The largest absolute Gasteiger partial charge is 0.505 e. The van der Waals surface area contributed by atoms with Crippen LogP contribution in [0.3, 0.4) is 0 Å². The average molecular weight is 337 g/mol. The highest BCUT2D eigenvalue weighted by Gasteiger charge is 2.32. The molecule has 0 unspecified atom stereocenters. The number of pyridine rings is 1. The van der Waals surface area contributed by atoms with Gasteiger partial charge < -0.3 is 10.2 Å². The van der Waals surface area contributed by atoms with E-state index in [1.54, 1.807) is 24.3 Å². The van der Waals surface area contributed by atoms with Crippen LogP contribution in [-0.2, 0) is 4.79 Å². The fourth-order valence-corrected chi connectivity index (χ4v) is 2.53. The van der Waals surface area contributed by atoms with Crippen LogP contribution in [0.15, 0.2) is 30.5 Å². The lowest BCUT2D eigenvalue weighted by molar-refractivity contribution is -0.141. The van der Waals surface area contributed by atoms with Crippen molar-refractivity contribution in [3.05, 3.63) is 36.2 Å². The first-order chi connectivity index (χ1) is 10.8. The second-order valence-electron chi connectivity index (χ2n) is 5.64. The molecule has 0 aliphatic heterocycles. The Morgan fingerprint density at radius 3 is 2.57 bits per heavy atom. The van der Waals surface area contributed by atoms with Gasteiger partial charge in [0.1, 0.15) is 6.04 Å². The summed E-state index contributed by atoms with van der Waals surface area (Å²) in [5.74, 6) is -2.33. The summed E-state index contributed by atoms with van der Waals surface area (Å²) in [6.07, 6.45) is 1.63. The molecular formula is C16H17ClN2O4. The number of halogens is 1. The van der Waals surface area contributed by atoms with E-state index in [2.05, 4.69) is 4.98 Å². The van der Waals surface area contributed by atoms with Crippen molar-refractivity contribution in [3.63, 3.8) is 0 Å². The highest BCUT2D eigenvalue weighted by atomic mass is 35.5. The fraction of sp³-hybridized carbons (Fsp3) is 0.312. The van der Waals surface area contributed by atoms with E-state index >= 15 is 0 Å². The normalized spacial score (nSPS) is 12.3. The van der Waals surface area contributed by atoms with Crippen LogP contribution in [0.25, 0.3) is 10.8 Å². The number of benzene rings is 1. The molecule has 2 N–H and O–H groups in total. The van der Waals surface area contributed by atoms with Crippen molar-refractivity contribution in [2.24, 2.45) is 5.92 Å². The van der Waals surface area contributed by atoms with Crippen LogP contribution >= 0.6 is 11.8 Å². The molecular weight excluding hydrogens is 320 g/mol. The molecule has 0 spiro atoms. The lowest BCUT2D eigenvalue weighted by atomic mass is 10.0. The van der Waals surface area contributed by atoms with Crippen molar-refractivity contribution in [1.29, 1.82) is 0 Å². The van der Waals surface area contributed by atoms with E-state index < -0.39 is 17.9 Å². The maximum absolute atomic E-state index is 12.4. The van der Waals surface area contributed by atoms with Gasteiger partial charge in [-0.25, -0.2) is 14.2 Å². The van der Waals surface area contributed by atoms with Crippen LogP contribution in [0.5, 0.6) is 5.75 Å². The highest BCUT2D eigenvalue weighted by Crippen LogP contribution is 2.29. The zero-order valence-corrected chi connectivity index (χ0v) is 13.5. The highest BCUT2D eigenvalue weighted by molar-refractivity contribution is 6.25. The first kappa shape index (κ1) is 17.0. The number of carbonyl (C=O) groups is 2. The summed E-state index contributed by atoms with van der Waals surface area (Å²) >= 11 is 5.95. The van der Waals surface area contributed by atoms with Crippen LogP contribution in [0.2, 0.25) is 0 Å². The zero-order valence-electron chi connectivity index (χ0n) is 12.7. The van der Waals surface area contributed by atoms with Gasteiger partial charge in [0.05, 0.1) is 0 Å². The summed E-state index contributed by atoms with van der Waals surface area (Å²) in [6, 6.07) is 5.69. The molecule has 1 aromatic heterocycles. The van der Waals surface area contributed by atoms with Crippen LogP contribution in [0, 0.1) is 5.92 Å². The van der Waals surface area contributed by atoms with E-state index in [1.165, 1.54) is 6.20 Å². The van der Waals surface area contributed by atoms with Crippen molar-refractivity contribution in [3.8, 4) is 5.75 Å². The number of hydrogen-bond donors (Lipinski definition) is 2. The van der Waals surface area contributed by atoms with Crippen molar-refractivity contribution in [1.82, 2.24) is 9.40 Å². The van der Waals surface area contributed by atoms with Crippen LogP contribution < -0.4 is 0 Å². The van der Waals surface area contributed by atoms with Gasteiger partial charge in [0, 0.05) is 28.7 Å². The molecule has 122 valence electrons. The Morgan fingerprint density at radius 1 is 1.30 bits per heavy atom. The lowest BCUT2D eigenvalue weighted by Gasteiger charge is -2.23. The standard InChI is InChI=1S/C16H17ClN2O4/c1-9(2)7-12(16(22)23)19(17)15(21)13-14(20)11-6-4-3-5-10(11)8-18-13/h3-6,8-9,12,20H,7H2,1-2H3,(H,22,23)/t12-/m0/s1. The molecule has 1 aromatic carbocycles. The van der Waals surface area contributed by atoms with Gasteiger partial charge in [0.25, 0.3) is 5.91 Å². The monoisotopic (exact) mass is 336 g/mol. The third-order valence-electron chi connectivity index (χ3n) is 3.42. The number of aromatic hydroxyl groups is 1. The molecule has 6 nitrogen and oxygen atoms in total. The minimum Gasteiger partial charge on any atom is -0.505 e. The molecule has 1 amide bonds. The second-order valence-corrected chi connectivity index (χ2v) is 6.01. The van der Waals surface area contributed by atoms with Crippen molar-refractivity contribution >= 4 is 34.4 Å². The van der Waals surface area contributed by atoms with Gasteiger partial charge in [-0.3, -0.25) is 4.79 Å². The summed E-state index contributed by atoms with van der Waals surface area (Å²) in [4.78, 5) is 27.7. The molecule has 2 rings (SSSR count). The molecule has 1 atom stereocenters. The average Bonchev–Trinajstić information content (AvgIpc) is 2.51. The number of fused-ring (bicyclic) bond motifs is 1. The topological polar surface area (TPSA) is 90.7 Å². The van der Waals surface area contributed by atoms with E-state index in [9.17, 15) is 19.8 Å². The van der Waals surface area contributed by atoms with E-state index in [4.69, 9.17) is 11.8 Å². The SMILES string of the molecule is CC(C)C[C@@H](C(=O)O)N(Cl)C(=O)c1ncc2ccccc2c1O. The molecule has 0 fully saturated rings. The van der Waals surface area contributed by atoms with Gasteiger partial charge in [-0.05, 0) is 12.3 Å². The lowest BCUT2D eigenvalue weighted by Crippen LogP contribution is -2.40. The van der Waals surface area contributed by atoms with Gasteiger partial charge in [0.2, 0.25) is 0 Å². The van der Waals surface area contributed by atoms with Crippen molar-refractivity contribution < 1.29 is 19.8 Å². The summed E-state index contributed by atoms with van der Waals surface area (Å²) < 4.78 is 0.596. The number of carbonyl (C=O) groups excluding carboxylic acids is 1. The van der Waals surface area contributed by atoms with Crippen LogP contribution in [0.1, 0.15) is 30.8 Å². The molecule has 0 aliphatic rings. The summed E-state index contributed by atoms with van der Waals surface area (Å²) in [7, 11) is 0. The van der Waals surface area contributed by atoms with Crippen LogP contribution in [-0.4, -0.2) is 37.5 Å². The van der Waals surface area contributed by atoms with Crippen molar-refractivity contribution in [2.45, 2.75) is 26.3 Å². The van der Waals surface area contributed by atoms with E-state index in [0.29, 0.717) is 15.2 Å². The number of hydrogen-bond acceptors (Lipinski definition) is 4. The number of rotatable bonds is 5. The predicted molar refractivity (Wildman–Crippen MR) is 86.3 cm³/mol. The minimum atomic E-state index is -1.21. The summed E-state index contributed by atoms with van der Waals surface area (Å²) in [5.41, 5.74) is -0.270. The molecule has 23 heavy (non-hydrogen) atoms. The molecule has 2 aromatic rings. The Bertz CT molecular complexity index is 748. The Hall–Kier alpha value is -2.34. The van der Waals surface area contributed by atoms with E-state index in [0.717, 1.165) is 0 Å². The molecule has 1 heterocycles. The molecule has 7 heteroatoms. The fourth-order valence-electron chi connectivity index (χ4n) is 2.28. The molecule has 0 saturated heterocycles.